The summed E-state index contributed by atoms with van der Waals surface area (Å²) in [5.41, 5.74) is 1.44. The van der Waals surface area contributed by atoms with Gasteiger partial charge in [0.05, 0.1) is 6.42 Å². The number of hydrogen-bond donors (Lipinski definition) is 1. The highest BCUT2D eigenvalue weighted by atomic mass is 35.5. The quantitative estimate of drug-likeness (QED) is 0.541. The van der Waals surface area contributed by atoms with Crippen molar-refractivity contribution >= 4 is 46.6 Å². The van der Waals surface area contributed by atoms with E-state index in [1.165, 1.54) is 0 Å². The number of nitrogens with one attached hydrogen (secondary N) is 1. The van der Waals surface area contributed by atoms with Crippen molar-refractivity contribution in [2.45, 2.75) is 45.7 Å². The predicted octanol–water partition coefficient (Wildman–Crippen LogP) is 5.52. The summed E-state index contributed by atoms with van der Waals surface area (Å²) in [6.45, 7) is 4.57. The van der Waals surface area contributed by atoms with Gasteiger partial charge in [-0.25, -0.2) is 0 Å². The summed E-state index contributed by atoms with van der Waals surface area (Å²) < 4.78 is 0. The van der Waals surface area contributed by atoms with Gasteiger partial charge in [-0.1, -0.05) is 66.8 Å². The smallest absolute Gasteiger partial charge is 0.242 e. The maximum absolute atomic E-state index is 13.2. The van der Waals surface area contributed by atoms with Gasteiger partial charge in [-0.3, -0.25) is 9.59 Å². The van der Waals surface area contributed by atoms with Crippen LogP contribution in [-0.4, -0.2) is 29.3 Å². The molecule has 0 unspecified atom stereocenters. The lowest BCUT2D eigenvalue weighted by Crippen LogP contribution is -2.49. The van der Waals surface area contributed by atoms with E-state index in [-0.39, 0.29) is 24.8 Å². The molecule has 7 heteroatoms. The van der Waals surface area contributed by atoms with E-state index in [0.29, 0.717) is 33.6 Å². The molecule has 0 aromatic heterocycles. The summed E-state index contributed by atoms with van der Waals surface area (Å²) in [5.74, 6) is -0.358. The third-order valence-corrected chi connectivity index (χ3v) is 5.55. The third kappa shape index (κ3) is 6.63. The van der Waals surface area contributed by atoms with Crippen LogP contribution in [0.5, 0.6) is 0 Å². The Kier molecular flexibility index (Phi) is 9.28. The van der Waals surface area contributed by atoms with Crippen molar-refractivity contribution in [3.63, 3.8) is 0 Å². The van der Waals surface area contributed by atoms with Crippen molar-refractivity contribution in [3.8, 4) is 0 Å². The van der Waals surface area contributed by atoms with Gasteiger partial charge in [-0.2, -0.15) is 0 Å². The molecule has 2 aromatic carbocycles. The van der Waals surface area contributed by atoms with Gasteiger partial charge in [0.1, 0.15) is 6.04 Å². The fourth-order valence-electron chi connectivity index (χ4n) is 3.02. The number of carbonyl (C=O) groups is 2. The summed E-state index contributed by atoms with van der Waals surface area (Å²) >= 11 is 18.6. The highest BCUT2D eigenvalue weighted by Gasteiger charge is 2.29. The van der Waals surface area contributed by atoms with Gasteiger partial charge in [-0.05, 0) is 42.7 Å². The first-order valence-electron chi connectivity index (χ1n) is 9.61. The van der Waals surface area contributed by atoms with Crippen LogP contribution in [0.4, 0.5) is 0 Å². The zero-order valence-corrected chi connectivity index (χ0v) is 18.8. The highest BCUT2D eigenvalue weighted by molar-refractivity contribution is 6.36. The summed E-state index contributed by atoms with van der Waals surface area (Å²) in [4.78, 5) is 27.5. The Labute approximate surface area is 187 Å². The second-order valence-corrected chi connectivity index (χ2v) is 7.99. The molecular formula is C22H25Cl3N2O2. The van der Waals surface area contributed by atoms with Crippen LogP contribution in [0.1, 0.15) is 37.8 Å². The molecule has 1 N–H and O–H groups in total. The molecule has 0 aliphatic carbocycles. The fourth-order valence-corrected chi connectivity index (χ4v) is 3.66. The minimum absolute atomic E-state index is 0.150. The molecule has 2 aromatic rings. The van der Waals surface area contributed by atoms with E-state index < -0.39 is 6.04 Å². The molecule has 0 saturated heterocycles. The van der Waals surface area contributed by atoms with Crippen LogP contribution in [0.3, 0.4) is 0 Å². The molecule has 2 amide bonds. The predicted molar refractivity (Wildman–Crippen MR) is 120 cm³/mol. The Morgan fingerprint density at radius 2 is 1.62 bits per heavy atom. The van der Waals surface area contributed by atoms with E-state index in [2.05, 4.69) is 5.32 Å². The fraction of sp³-hybridized carbons (Fsp3) is 0.364. The Hall–Kier alpha value is -1.75. The van der Waals surface area contributed by atoms with Crippen LogP contribution in [0.2, 0.25) is 15.1 Å². The largest absolute Gasteiger partial charge is 0.354 e. The van der Waals surface area contributed by atoms with Crippen LogP contribution >= 0.6 is 34.8 Å². The number of rotatable bonds is 9. The van der Waals surface area contributed by atoms with Crippen molar-refractivity contribution in [1.29, 1.82) is 0 Å². The second-order valence-electron chi connectivity index (χ2n) is 6.74. The molecule has 156 valence electrons. The summed E-state index contributed by atoms with van der Waals surface area (Å²) in [5, 5.41) is 4.42. The second kappa shape index (κ2) is 11.4. The average molecular weight is 456 g/mol. The lowest BCUT2D eigenvalue weighted by Gasteiger charge is -2.31. The normalized spacial score (nSPS) is 11.8. The van der Waals surface area contributed by atoms with Gasteiger partial charge in [0.25, 0.3) is 0 Å². The summed E-state index contributed by atoms with van der Waals surface area (Å²) in [6.07, 6.45) is 1.44. The first kappa shape index (κ1) is 23.5. The molecule has 0 saturated carbocycles. The van der Waals surface area contributed by atoms with E-state index in [9.17, 15) is 9.59 Å². The lowest BCUT2D eigenvalue weighted by atomic mass is 10.1. The van der Waals surface area contributed by atoms with Gasteiger partial charge in [0.2, 0.25) is 11.8 Å². The molecule has 0 spiro atoms. The Morgan fingerprint density at radius 1 is 1.00 bits per heavy atom. The number of amides is 2. The van der Waals surface area contributed by atoms with Gasteiger partial charge in [0.15, 0.2) is 0 Å². The Bertz CT molecular complexity index is 820. The number of nitrogens with zero attached hydrogens (tertiary/aromatic N) is 1. The minimum Gasteiger partial charge on any atom is -0.354 e. The lowest BCUT2D eigenvalue weighted by molar-refractivity contribution is -0.140. The van der Waals surface area contributed by atoms with Crippen LogP contribution in [0, 0.1) is 0 Å². The first-order chi connectivity index (χ1) is 13.9. The van der Waals surface area contributed by atoms with E-state index in [0.717, 1.165) is 12.0 Å². The standard InChI is InChI=1S/C22H25Cl3N2O2/c1-3-12-26-22(29)20(4-2)27(14-17-18(24)6-5-7-19(17)25)21(28)13-15-8-10-16(23)11-9-15/h5-11,20H,3-4,12-14H2,1-2H3,(H,26,29)/t20-/m1/s1. The van der Waals surface area contributed by atoms with Gasteiger partial charge in [-0.15, -0.1) is 0 Å². The monoisotopic (exact) mass is 454 g/mol. The highest BCUT2D eigenvalue weighted by Crippen LogP contribution is 2.27. The molecule has 0 aliphatic heterocycles. The van der Waals surface area contributed by atoms with Crippen molar-refractivity contribution in [2.75, 3.05) is 6.54 Å². The SMILES string of the molecule is CCCNC(=O)[C@@H](CC)N(Cc1c(Cl)cccc1Cl)C(=O)Cc1ccc(Cl)cc1. The molecule has 1 atom stereocenters. The molecular weight excluding hydrogens is 431 g/mol. The van der Waals surface area contributed by atoms with Crippen molar-refractivity contribution < 1.29 is 9.59 Å². The maximum Gasteiger partial charge on any atom is 0.242 e. The van der Waals surface area contributed by atoms with Crippen molar-refractivity contribution in [1.82, 2.24) is 10.2 Å². The van der Waals surface area contributed by atoms with Gasteiger partial charge in [0, 0.05) is 33.7 Å². The first-order valence-corrected chi connectivity index (χ1v) is 10.7. The summed E-state index contributed by atoms with van der Waals surface area (Å²) in [6, 6.07) is 11.7. The third-order valence-electron chi connectivity index (χ3n) is 4.59. The maximum atomic E-state index is 13.2. The molecule has 4 nitrogen and oxygen atoms in total. The van der Waals surface area contributed by atoms with E-state index in [1.54, 1.807) is 47.4 Å². The molecule has 0 aliphatic rings. The average Bonchev–Trinajstić information content (AvgIpc) is 2.70. The zero-order valence-electron chi connectivity index (χ0n) is 16.6. The topological polar surface area (TPSA) is 49.4 Å². The molecule has 0 radical (unpaired) electrons. The van der Waals surface area contributed by atoms with Gasteiger partial charge >= 0.3 is 0 Å². The minimum atomic E-state index is -0.617. The van der Waals surface area contributed by atoms with E-state index in [1.807, 2.05) is 13.8 Å². The molecule has 29 heavy (non-hydrogen) atoms. The molecule has 0 heterocycles. The Morgan fingerprint density at radius 3 is 2.17 bits per heavy atom. The number of halogens is 3. The van der Waals surface area contributed by atoms with E-state index in [4.69, 9.17) is 34.8 Å². The van der Waals surface area contributed by atoms with Crippen LogP contribution in [0.15, 0.2) is 42.5 Å². The van der Waals surface area contributed by atoms with Crippen LogP contribution < -0.4 is 5.32 Å². The zero-order chi connectivity index (χ0) is 21.4. The molecule has 2 rings (SSSR count). The number of carbonyl (C=O) groups excluding carboxylic acids is 2. The van der Waals surface area contributed by atoms with Crippen molar-refractivity contribution in [3.05, 3.63) is 68.7 Å². The summed E-state index contributed by atoms with van der Waals surface area (Å²) in [7, 11) is 0. The molecule has 0 fully saturated rings. The Balaban J connectivity index is 2.33. The van der Waals surface area contributed by atoms with E-state index >= 15 is 0 Å². The van der Waals surface area contributed by atoms with Crippen LogP contribution in [-0.2, 0) is 22.6 Å². The van der Waals surface area contributed by atoms with Gasteiger partial charge < -0.3 is 10.2 Å². The van der Waals surface area contributed by atoms with Crippen molar-refractivity contribution in [2.24, 2.45) is 0 Å². The number of benzene rings is 2. The number of hydrogen-bond acceptors (Lipinski definition) is 2. The van der Waals surface area contributed by atoms with Crippen LogP contribution in [0.25, 0.3) is 0 Å². The molecule has 0 bridgehead atoms.